The first-order valence-corrected chi connectivity index (χ1v) is 34.1. The van der Waals surface area contributed by atoms with Crippen LogP contribution in [0.1, 0.15) is 348 Å². The number of ether oxygens (including phenoxy) is 2. The van der Waals surface area contributed by atoms with Gasteiger partial charge < -0.3 is 40.3 Å². The van der Waals surface area contributed by atoms with E-state index in [0.717, 1.165) is 38.5 Å². The molecule has 1 aliphatic heterocycles. The molecule has 1 saturated heterocycles. The van der Waals surface area contributed by atoms with Crippen LogP contribution in [0.4, 0.5) is 0 Å². The lowest BCUT2D eigenvalue weighted by atomic mass is 9.99. The van der Waals surface area contributed by atoms with Crippen LogP contribution in [-0.4, -0.2) is 87.5 Å². The Hall–Kier alpha value is -1.33. The number of unbranched alkanes of at least 4 members (excludes halogenated alkanes) is 48. The third-order valence-electron chi connectivity index (χ3n) is 16.5. The quantitative estimate of drug-likeness (QED) is 0.0261. The van der Waals surface area contributed by atoms with E-state index in [1.54, 1.807) is 6.08 Å². The highest BCUT2D eigenvalue weighted by Crippen LogP contribution is 2.23. The van der Waals surface area contributed by atoms with E-state index in [2.05, 4.69) is 31.3 Å². The van der Waals surface area contributed by atoms with E-state index in [0.29, 0.717) is 6.42 Å². The fourth-order valence-electron chi connectivity index (χ4n) is 11.2. The van der Waals surface area contributed by atoms with Gasteiger partial charge in [-0.05, 0) is 32.1 Å². The first-order valence-electron chi connectivity index (χ1n) is 34.1. The molecular formula is C68H131NO8. The van der Waals surface area contributed by atoms with E-state index in [9.17, 15) is 30.3 Å². The number of amides is 1. The molecule has 0 aromatic rings. The number of nitrogens with one attached hydrogen (secondary N) is 1. The van der Waals surface area contributed by atoms with E-state index < -0.39 is 49.5 Å². The summed E-state index contributed by atoms with van der Waals surface area (Å²) < 4.78 is 11.3. The van der Waals surface area contributed by atoms with Crippen LogP contribution in [-0.2, 0) is 14.3 Å². The van der Waals surface area contributed by atoms with Gasteiger partial charge in [-0.15, -0.1) is 0 Å². The van der Waals surface area contributed by atoms with Crippen LogP contribution in [0.3, 0.4) is 0 Å². The summed E-state index contributed by atoms with van der Waals surface area (Å²) in [4.78, 5) is 13.1. The van der Waals surface area contributed by atoms with Crippen molar-refractivity contribution in [3.05, 3.63) is 24.3 Å². The highest BCUT2D eigenvalue weighted by atomic mass is 16.7. The molecule has 7 unspecified atom stereocenters. The zero-order valence-electron chi connectivity index (χ0n) is 51.0. The van der Waals surface area contributed by atoms with E-state index in [1.165, 1.54) is 289 Å². The van der Waals surface area contributed by atoms with Crippen molar-refractivity contribution in [1.82, 2.24) is 5.32 Å². The molecule has 0 aromatic carbocycles. The predicted octanol–water partition coefficient (Wildman–Crippen LogP) is 18.1. The average Bonchev–Trinajstić information content (AvgIpc) is 3.43. The number of hydrogen-bond donors (Lipinski definition) is 6. The smallest absolute Gasteiger partial charge is 0.220 e. The molecule has 0 aromatic heterocycles. The van der Waals surface area contributed by atoms with E-state index in [4.69, 9.17) is 9.47 Å². The maximum atomic E-state index is 13.1. The molecular weight excluding hydrogens is 959 g/mol. The lowest BCUT2D eigenvalue weighted by molar-refractivity contribution is -0.302. The van der Waals surface area contributed by atoms with E-state index in [-0.39, 0.29) is 12.5 Å². The van der Waals surface area contributed by atoms with Crippen LogP contribution in [0.15, 0.2) is 24.3 Å². The van der Waals surface area contributed by atoms with Crippen LogP contribution in [0, 0.1) is 0 Å². The summed E-state index contributed by atoms with van der Waals surface area (Å²) in [6.07, 6.45) is 68.8. The van der Waals surface area contributed by atoms with Crippen molar-refractivity contribution in [2.45, 2.75) is 391 Å². The number of aliphatic hydroxyl groups is 5. The molecule has 0 aliphatic carbocycles. The van der Waals surface area contributed by atoms with Crippen molar-refractivity contribution in [2.24, 2.45) is 0 Å². The second kappa shape index (κ2) is 57.9. The van der Waals surface area contributed by atoms with Gasteiger partial charge in [0.15, 0.2) is 6.29 Å². The molecule has 456 valence electrons. The van der Waals surface area contributed by atoms with Gasteiger partial charge in [0.05, 0.1) is 25.4 Å². The second-order valence-corrected chi connectivity index (χ2v) is 24.0. The van der Waals surface area contributed by atoms with E-state index >= 15 is 0 Å². The molecule has 77 heavy (non-hydrogen) atoms. The summed E-state index contributed by atoms with van der Waals surface area (Å²) in [5.74, 6) is -0.179. The van der Waals surface area contributed by atoms with Crippen molar-refractivity contribution in [2.75, 3.05) is 13.2 Å². The minimum atomic E-state index is -1.57. The Morgan fingerprint density at radius 1 is 0.429 bits per heavy atom. The molecule has 1 heterocycles. The number of allylic oxidation sites excluding steroid dienone is 3. The molecule has 0 bridgehead atoms. The summed E-state index contributed by atoms with van der Waals surface area (Å²) in [5, 5.41) is 54.6. The summed E-state index contributed by atoms with van der Waals surface area (Å²) in [7, 11) is 0. The fourth-order valence-corrected chi connectivity index (χ4v) is 11.2. The maximum Gasteiger partial charge on any atom is 0.220 e. The van der Waals surface area contributed by atoms with Gasteiger partial charge in [0.1, 0.15) is 24.4 Å². The Bertz CT molecular complexity index is 1260. The largest absolute Gasteiger partial charge is 0.394 e. The van der Waals surface area contributed by atoms with Gasteiger partial charge in [0.25, 0.3) is 0 Å². The second-order valence-electron chi connectivity index (χ2n) is 24.0. The van der Waals surface area contributed by atoms with Crippen LogP contribution in [0.2, 0.25) is 0 Å². The Kier molecular flexibility index (Phi) is 55.4. The van der Waals surface area contributed by atoms with Gasteiger partial charge in [0.2, 0.25) is 5.91 Å². The molecule has 1 amide bonds. The van der Waals surface area contributed by atoms with Gasteiger partial charge in [-0.3, -0.25) is 4.79 Å². The Labute approximate surface area is 477 Å². The average molecular weight is 1090 g/mol. The van der Waals surface area contributed by atoms with Gasteiger partial charge in [-0.2, -0.15) is 0 Å². The third kappa shape index (κ3) is 46.9. The van der Waals surface area contributed by atoms with Crippen molar-refractivity contribution in [3.8, 4) is 0 Å². The molecule has 0 saturated carbocycles. The first-order chi connectivity index (χ1) is 37.8. The SMILES string of the molecule is CCCCCCCCCCCCC/C=C/CC/C=C/C(O)C(COC1OC(CO)C(O)C(O)C1O)NC(=O)CCCCCCCCCCCCCCCCCCCCCCCCCCCCCCCCCCCCCCC. The summed E-state index contributed by atoms with van der Waals surface area (Å²) in [6, 6.07) is -0.819. The molecule has 7 atom stereocenters. The minimum Gasteiger partial charge on any atom is -0.394 e. The number of aliphatic hydroxyl groups excluding tert-OH is 5. The monoisotopic (exact) mass is 1090 g/mol. The summed E-state index contributed by atoms with van der Waals surface area (Å²) in [6.45, 7) is 3.81. The van der Waals surface area contributed by atoms with Crippen LogP contribution < -0.4 is 5.32 Å². The lowest BCUT2D eigenvalue weighted by Crippen LogP contribution is -2.60. The van der Waals surface area contributed by atoms with Gasteiger partial charge >= 0.3 is 0 Å². The molecule has 0 spiro atoms. The molecule has 1 aliphatic rings. The molecule has 6 N–H and O–H groups in total. The van der Waals surface area contributed by atoms with Crippen molar-refractivity contribution in [3.63, 3.8) is 0 Å². The number of carbonyl (C=O) groups is 1. The van der Waals surface area contributed by atoms with Gasteiger partial charge in [0, 0.05) is 6.42 Å². The Balaban J connectivity index is 2.06. The third-order valence-corrected chi connectivity index (χ3v) is 16.5. The van der Waals surface area contributed by atoms with Crippen molar-refractivity contribution < 1.29 is 39.8 Å². The first kappa shape index (κ1) is 73.7. The van der Waals surface area contributed by atoms with Gasteiger partial charge in [-0.25, -0.2) is 0 Å². The van der Waals surface area contributed by atoms with Crippen LogP contribution in [0.5, 0.6) is 0 Å². The van der Waals surface area contributed by atoms with Crippen LogP contribution >= 0.6 is 0 Å². The van der Waals surface area contributed by atoms with Crippen LogP contribution in [0.25, 0.3) is 0 Å². The van der Waals surface area contributed by atoms with Crippen molar-refractivity contribution in [1.29, 1.82) is 0 Å². The fraction of sp³-hybridized carbons (Fsp3) is 0.926. The number of carbonyl (C=O) groups excluding carboxylic acids is 1. The highest BCUT2D eigenvalue weighted by Gasteiger charge is 2.44. The maximum absolute atomic E-state index is 13.1. The highest BCUT2D eigenvalue weighted by molar-refractivity contribution is 5.76. The molecule has 0 radical (unpaired) electrons. The van der Waals surface area contributed by atoms with Gasteiger partial charge in [-0.1, -0.05) is 334 Å². The van der Waals surface area contributed by atoms with Crippen molar-refractivity contribution >= 4 is 5.91 Å². The number of hydrogen-bond acceptors (Lipinski definition) is 8. The normalized spacial score (nSPS) is 18.8. The predicted molar refractivity (Wildman–Crippen MR) is 327 cm³/mol. The number of rotatable bonds is 60. The van der Waals surface area contributed by atoms with E-state index in [1.807, 2.05) is 6.08 Å². The summed E-state index contributed by atoms with van der Waals surface area (Å²) in [5.41, 5.74) is 0. The Morgan fingerprint density at radius 3 is 1.09 bits per heavy atom. The minimum absolute atomic E-state index is 0.179. The summed E-state index contributed by atoms with van der Waals surface area (Å²) >= 11 is 0. The molecule has 9 heteroatoms. The molecule has 1 fully saturated rings. The Morgan fingerprint density at radius 2 is 0.740 bits per heavy atom. The zero-order valence-corrected chi connectivity index (χ0v) is 51.0. The zero-order chi connectivity index (χ0) is 55.8. The molecule has 9 nitrogen and oxygen atoms in total. The topological polar surface area (TPSA) is 149 Å². The lowest BCUT2D eigenvalue weighted by Gasteiger charge is -2.40. The standard InChI is InChI=1S/C68H131NO8/c1-3-5-7-9-11-13-15-17-19-21-22-23-24-25-26-27-28-29-30-31-32-33-34-35-36-37-38-39-40-42-44-46-48-50-52-54-56-58-64(72)69-61(60-76-68-67(75)66(74)65(73)63(59-70)77-68)62(71)57-55-53-51-49-47-45-43-41-20-18-16-14-12-10-8-6-4-2/h47,49,55,57,61-63,65-68,70-71,73-75H,3-46,48,50-54,56,58-60H2,1-2H3,(H,69,72)/b49-47+,57-55+. The molecule has 1 rings (SSSR count).